The van der Waals surface area contributed by atoms with E-state index in [9.17, 15) is 4.79 Å². The van der Waals surface area contributed by atoms with Gasteiger partial charge in [0.25, 0.3) is 0 Å². The molecule has 0 saturated heterocycles. The van der Waals surface area contributed by atoms with Crippen LogP contribution in [0.25, 0.3) is 0 Å². The Morgan fingerprint density at radius 2 is 0.889 bits per heavy atom. The van der Waals surface area contributed by atoms with E-state index in [1.54, 1.807) is 0 Å². The van der Waals surface area contributed by atoms with Crippen molar-refractivity contribution in [3.8, 4) is 0 Å². The molecule has 0 aromatic rings. The second kappa shape index (κ2) is 30.2. The van der Waals surface area contributed by atoms with Gasteiger partial charge < -0.3 is 9.47 Å². The van der Waals surface area contributed by atoms with Crippen LogP contribution in [-0.4, -0.2) is 19.4 Å². The Bertz CT molecular complexity index is 458. The van der Waals surface area contributed by atoms with Crippen molar-refractivity contribution in [3.63, 3.8) is 0 Å². The fourth-order valence-corrected chi connectivity index (χ4v) is 4.58. The summed E-state index contributed by atoms with van der Waals surface area (Å²) >= 11 is 0. The maximum atomic E-state index is 11.7. The van der Waals surface area contributed by atoms with Crippen molar-refractivity contribution in [2.75, 3.05) is 13.2 Å². The Kier molecular flexibility index (Phi) is 29.4. The summed E-state index contributed by atoms with van der Waals surface area (Å²) in [5, 5.41) is 0. The summed E-state index contributed by atoms with van der Waals surface area (Å²) in [7, 11) is 0. The minimum absolute atomic E-state index is 0.482. The zero-order valence-corrected chi connectivity index (χ0v) is 24.8. The Balaban J connectivity index is 3.17. The van der Waals surface area contributed by atoms with Crippen molar-refractivity contribution in [1.82, 2.24) is 0 Å². The number of hydrogen-bond acceptors (Lipinski definition) is 3. The molecular formula is C33H64O3. The number of hydrogen-bond donors (Lipinski definition) is 0. The molecule has 0 fully saturated rings. The number of carbonyl (C=O) groups is 1. The SMILES string of the molecule is CCCC/C=C\CCCCCCCCOC(=O)OCCCCCCCCCCCCCCCC(C)C. The van der Waals surface area contributed by atoms with E-state index in [0.29, 0.717) is 13.2 Å². The van der Waals surface area contributed by atoms with Gasteiger partial charge in [-0.25, -0.2) is 4.79 Å². The van der Waals surface area contributed by atoms with Gasteiger partial charge in [-0.1, -0.05) is 155 Å². The molecule has 0 spiro atoms. The lowest BCUT2D eigenvalue weighted by Gasteiger charge is -2.07. The lowest BCUT2D eigenvalue weighted by molar-refractivity contribution is 0.0529. The van der Waals surface area contributed by atoms with Crippen molar-refractivity contribution in [2.45, 2.75) is 175 Å². The molecule has 0 radical (unpaired) electrons. The van der Waals surface area contributed by atoms with E-state index >= 15 is 0 Å². The van der Waals surface area contributed by atoms with E-state index in [1.807, 2.05) is 0 Å². The predicted octanol–water partition coefficient (Wildman–Crippen LogP) is 11.7. The van der Waals surface area contributed by atoms with Gasteiger partial charge in [0.15, 0.2) is 0 Å². The molecule has 0 N–H and O–H groups in total. The minimum Gasteiger partial charge on any atom is -0.434 e. The van der Waals surface area contributed by atoms with Crippen LogP contribution in [0, 0.1) is 5.92 Å². The number of carbonyl (C=O) groups excluding carboxylic acids is 1. The fraction of sp³-hybridized carbons (Fsp3) is 0.909. The van der Waals surface area contributed by atoms with Crippen LogP contribution >= 0.6 is 0 Å². The summed E-state index contributed by atoms with van der Waals surface area (Å²) in [6, 6.07) is 0. The highest BCUT2D eigenvalue weighted by Crippen LogP contribution is 2.14. The second-order valence-corrected chi connectivity index (χ2v) is 11.2. The third-order valence-corrected chi connectivity index (χ3v) is 7.02. The van der Waals surface area contributed by atoms with Gasteiger partial charge in [-0.2, -0.15) is 0 Å². The van der Waals surface area contributed by atoms with E-state index in [2.05, 4.69) is 32.9 Å². The molecule has 0 heterocycles. The van der Waals surface area contributed by atoms with Crippen LogP contribution in [0.2, 0.25) is 0 Å². The Morgan fingerprint density at radius 1 is 0.528 bits per heavy atom. The molecular weight excluding hydrogens is 444 g/mol. The topological polar surface area (TPSA) is 35.5 Å². The van der Waals surface area contributed by atoms with E-state index in [1.165, 1.54) is 128 Å². The first-order valence-corrected chi connectivity index (χ1v) is 16.1. The summed E-state index contributed by atoms with van der Waals surface area (Å²) in [6.45, 7) is 7.89. The lowest BCUT2D eigenvalue weighted by Crippen LogP contribution is -2.09. The van der Waals surface area contributed by atoms with Crippen molar-refractivity contribution >= 4 is 6.16 Å². The highest BCUT2D eigenvalue weighted by molar-refractivity contribution is 5.59. The van der Waals surface area contributed by atoms with Crippen molar-refractivity contribution < 1.29 is 14.3 Å². The molecule has 0 aliphatic rings. The third-order valence-electron chi connectivity index (χ3n) is 7.02. The first kappa shape index (κ1) is 35.0. The normalized spacial score (nSPS) is 11.6. The van der Waals surface area contributed by atoms with E-state index in [-0.39, 0.29) is 0 Å². The average molecular weight is 509 g/mol. The largest absolute Gasteiger partial charge is 0.508 e. The molecule has 0 aliphatic carbocycles. The van der Waals surface area contributed by atoms with Gasteiger partial charge in [-0.05, 0) is 38.0 Å². The van der Waals surface area contributed by atoms with Crippen LogP contribution in [0.5, 0.6) is 0 Å². The highest BCUT2D eigenvalue weighted by atomic mass is 16.7. The number of unbranched alkanes of at least 4 members (excludes halogenated alkanes) is 20. The fourth-order valence-electron chi connectivity index (χ4n) is 4.58. The quantitative estimate of drug-likeness (QED) is 0.0598. The van der Waals surface area contributed by atoms with Crippen molar-refractivity contribution in [3.05, 3.63) is 12.2 Å². The van der Waals surface area contributed by atoms with Crippen LogP contribution < -0.4 is 0 Å². The molecule has 0 amide bonds. The molecule has 0 atom stereocenters. The molecule has 214 valence electrons. The highest BCUT2D eigenvalue weighted by Gasteiger charge is 2.03. The number of allylic oxidation sites excluding steroid dienone is 2. The van der Waals surface area contributed by atoms with Gasteiger partial charge in [-0.15, -0.1) is 0 Å². The minimum atomic E-state index is -0.482. The Hall–Kier alpha value is -0.990. The van der Waals surface area contributed by atoms with Crippen LogP contribution in [0.1, 0.15) is 175 Å². The van der Waals surface area contributed by atoms with Crippen LogP contribution in [0.4, 0.5) is 4.79 Å². The summed E-state index contributed by atoms with van der Waals surface area (Å²) in [5.74, 6) is 0.867. The molecule has 0 unspecified atom stereocenters. The molecule has 3 nitrogen and oxygen atoms in total. The maximum absolute atomic E-state index is 11.7. The lowest BCUT2D eigenvalue weighted by atomic mass is 10.0. The van der Waals surface area contributed by atoms with E-state index in [4.69, 9.17) is 9.47 Å². The average Bonchev–Trinajstić information content (AvgIpc) is 2.86. The summed E-state index contributed by atoms with van der Waals surface area (Å²) < 4.78 is 10.4. The second-order valence-electron chi connectivity index (χ2n) is 11.2. The maximum Gasteiger partial charge on any atom is 0.508 e. The van der Waals surface area contributed by atoms with Gasteiger partial charge in [0.05, 0.1) is 13.2 Å². The van der Waals surface area contributed by atoms with Gasteiger partial charge >= 0.3 is 6.16 Å². The Labute approximate surface area is 226 Å². The number of rotatable bonds is 28. The van der Waals surface area contributed by atoms with Gasteiger partial charge in [0.1, 0.15) is 0 Å². The van der Waals surface area contributed by atoms with Crippen molar-refractivity contribution in [1.29, 1.82) is 0 Å². The van der Waals surface area contributed by atoms with E-state index < -0.39 is 6.16 Å². The molecule has 0 aromatic heterocycles. The summed E-state index contributed by atoms with van der Waals surface area (Å²) in [4.78, 5) is 11.7. The molecule has 0 saturated carbocycles. The van der Waals surface area contributed by atoms with Gasteiger partial charge in [0, 0.05) is 0 Å². The third kappa shape index (κ3) is 31.0. The standard InChI is InChI=1S/C33H64O3/c1-4-5-6-7-8-9-10-15-18-21-24-27-30-35-33(34)36-31-28-25-22-19-16-13-11-12-14-17-20-23-26-29-32(2)3/h7-8,32H,4-6,9-31H2,1-3H3/b8-7-. The van der Waals surface area contributed by atoms with Gasteiger partial charge in [0.2, 0.25) is 0 Å². The first-order chi connectivity index (χ1) is 17.7. The predicted molar refractivity (Wildman–Crippen MR) is 158 cm³/mol. The van der Waals surface area contributed by atoms with Crippen LogP contribution in [0.15, 0.2) is 12.2 Å². The monoisotopic (exact) mass is 508 g/mol. The number of ether oxygens (including phenoxy) is 2. The molecule has 0 rings (SSSR count). The first-order valence-electron chi connectivity index (χ1n) is 16.1. The van der Waals surface area contributed by atoms with Crippen molar-refractivity contribution in [2.24, 2.45) is 5.92 Å². The van der Waals surface area contributed by atoms with Crippen LogP contribution in [-0.2, 0) is 9.47 Å². The molecule has 0 aliphatic heterocycles. The molecule has 36 heavy (non-hydrogen) atoms. The molecule has 0 bridgehead atoms. The van der Waals surface area contributed by atoms with Crippen LogP contribution in [0.3, 0.4) is 0 Å². The zero-order valence-electron chi connectivity index (χ0n) is 24.8. The summed E-state index contributed by atoms with van der Waals surface area (Å²) in [5.41, 5.74) is 0. The zero-order chi connectivity index (χ0) is 26.4. The molecule has 3 heteroatoms. The molecule has 0 aromatic carbocycles. The van der Waals surface area contributed by atoms with E-state index in [0.717, 1.165) is 31.6 Å². The smallest absolute Gasteiger partial charge is 0.434 e. The Morgan fingerprint density at radius 3 is 1.31 bits per heavy atom. The van der Waals surface area contributed by atoms with Gasteiger partial charge in [-0.3, -0.25) is 0 Å². The summed E-state index contributed by atoms with van der Waals surface area (Å²) in [6.07, 6.45) is 35.2.